The molecule has 0 spiro atoms. The molecule has 0 saturated heterocycles. The van der Waals surface area contributed by atoms with Crippen LogP contribution in [0.1, 0.15) is 0 Å². The zero-order chi connectivity index (χ0) is 13.1. The SMILES string of the molecule is CS(=O)(=O)N(CC(=O)NN)c1cccc(F)c1. The second kappa shape index (κ2) is 5.11. The predicted molar refractivity (Wildman–Crippen MR) is 60.9 cm³/mol. The summed E-state index contributed by atoms with van der Waals surface area (Å²) >= 11 is 0. The van der Waals surface area contributed by atoms with Crippen molar-refractivity contribution in [1.82, 2.24) is 5.43 Å². The minimum Gasteiger partial charge on any atom is -0.293 e. The lowest BCUT2D eigenvalue weighted by Crippen LogP contribution is -2.42. The molecule has 0 radical (unpaired) electrons. The van der Waals surface area contributed by atoms with Crippen molar-refractivity contribution in [2.75, 3.05) is 17.1 Å². The number of nitrogens with zero attached hydrogens (tertiary/aromatic N) is 1. The molecule has 0 bridgehead atoms. The molecule has 1 amide bonds. The number of nitrogens with two attached hydrogens (primary N) is 1. The summed E-state index contributed by atoms with van der Waals surface area (Å²) in [5.41, 5.74) is 1.88. The molecule has 8 heteroatoms. The zero-order valence-corrected chi connectivity index (χ0v) is 9.87. The number of amides is 1. The van der Waals surface area contributed by atoms with E-state index in [0.717, 1.165) is 16.6 Å². The lowest BCUT2D eigenvalue weighted by atomic mass is 10.3. The summed E-state index contributed by atoms with van der Waals surface area (Å²) in [7, 11) is -3.69. The van der Waals surface area contributed by atoms with E-state index in [1.807, 2.05) is 5.43 Å². The van der Waals surface area contributed by atoms with Crippen molar-refractivity contribution in [1.29, 1.82) is 0 Å². The predicted octanol–water partition coefficient (Wildman–Crippen LogP) is -0.418. The summed E-state index contributed by atoms with van der Waals surface area (Å²) in [5.74, 6) is 3.59. The second-order valence-corrected chi connectivity index (χ2v) is 5.22. The molecule has 1 aromatic carbocycles. The van der Waals surface area contributed by atoms with Gasteiger partial charge >= 0.3 is 0 Å². The molecule has 0 fully saturated rings. The second-order valence-electron chi connectivity index (χ2n) is 3.32. The first kappa shape index (κ1) is 13.4. The van der Waals surface area contributed by atoms with Crippen LogP contribution in [-0.2, 0) is 14.8 Å². The first-order valence-corrected chi connectivity index (χ1v) is 6.42. The average molecular weight is 261 g/mol. The van der Waals surface area contributed by atoms with Crippen molar-refractivity contribution in [3.63, 3.8) is 0 Å². The minimum absolute atomic E-state index is 0.0658. The third-order valence-electron chi connectivity index (χ3n) is 1.94. The quantitative estimate of drug-likeness (QED) is 0.437. The van der Waals surface area contributed by atoms with Crippen molar-refractivity contribution in [2.45, 2.75) is 0 Å². The lowest BCUT2D eigenvalue weighted by Gasteiger charge is -2.21. The van der Waals surface area contributed by atoms with E-state index in [9.17, 15) is 17.6 Å². The molecule has 0 atom stereocenters. The highest BCUT2D eigenvalue weighted by molar-refractivity contribution is 7.92. The monoisotopic (exact) mass is 261 g/mol. The number of carbonyl (C=O) groups is 1. The summed E-state index contributed by atoms with van der Waals surface area (Å²) < 4.78 is 36.7. The van der Waals surface area contributed by atoms with E-state index >= 15 is 0 Å². The van der Waals surface area contributed by atoms with Crippen molar-refractivity contribution in [2.24, 2.45) is 5.84 Å². The van der Waals surface area contributed by atoms with Crippen LogP contribution >= 0.6 is 0 Å². The number of hydrogen-bond acceptors (Lipinski definition) is 4. The number of benzene rings is 1. The molecular weight excluding hydrogens is 249 g/mol. The van der Waals surface area contributed by atoms with Gasteiger partial charge in [-0.05, 0) is 18.2 Å². The topological polar surface area (TPSA) is 92.5 Å². The van der Waals surface area contributed by atoms with Crippen LogP contribution in [0.15, 0.2) is 24.3 Å². The average Bonchev–Trinajstić information content (AvgIpc) is 2.23. The molecule has 0 aliphatic rings. The van der Waals surface area contributed by atoms with Gasteiger partial charge in [-0.15, -0.1) is 0 Å². The van der Waals surface area contributed by atoms with Gasteiger partial charge < -0.3 is 0 Å². The fraction of sp³-hybridized carbons (Fsp3) is 0.222. The molecule has 0 unspecified atom stereocenters. The van der Waals surface area contributed by atoms with Crippen LogP contribution in [0.2, 0.25) is 0 Å². The molecule has 0 aliphatic heterocycles. The Morgan fingerprint density at radius 3 is 2.65 bits per heavy atom. The maximum atomic E-state index is 13.0. The van der Waals surface area contributed by atoms with E-state index in [1.165, 1.54) is 18.2 Å². The Morgan fingerprint density at radius 2 is 2.18 bits per heavy atom. The third-order valence-corrected chi connectivity index (χ3v) is 3.09. The number of hydrogen-bond donors (Lipinski definition) is 2. The summed E-state index contributed by atoms with van der Waals surface area (Å²) in [6, 6.07) is 4.93. The highest BCUT2D eigenvalue weighted by Crippen LogP contribution is 2.17. The normalized spacial score (nSPS) is 11.0. The van der Waals surface area contributed by atoms with Gasteiger partial charge in [-0.1, -0.05) is 6.07 Å². The zero-order valence-electron chi connectivity index (χ0n) is 9.05. The Bertz CT molecular complexity index is 518. The van der Waals surface area contributed by atoms with Crippen LogP contribution in [0.4, 0.5) is 10.1 Å². The van der Waals surface area contributed by atoms with Gasteiger partial charge in [-0.2, -0.15) is 0 Å². The molecule has 1 aromatic rings. The van der Waals surface area contributed by atoms with Crippen LogP contribution in [0.25, 0.3) is 0 Å². The van der Waals surface area contributed by atoms with Crippen molar-refractivity contribution >= 4 is 21.6 Å². The first-order valence-electron chi connectivity index (χ1n) is 4.57. The van der Waals surface area contributed by atoms with Crippen molar-refractivity contribution in [3.8, 4) is 0 Å². The van der Waals surface area contributed by atoms with E-state index < -0.39 is 28.3 Å². The van der Waals surface area contributed by atoms with Gasteiger partial charge in [0.1, 0.15) is 12.4 Å². The fourth-order valence-electron chi connectivity index (χ4n) is 1.21. The van der Waals surface area contributed by atoms with Gasteiger partial charge in [0.25, 0.3) is 5.91 Å². The largest absolute Gasteiger partial charge is 0.293 e. The van der Waals surface area contributed by atoms with E-state index in [-0.39, 0.29) is 5.69 Å². The van der Waals surface area contributed by atoms with Crippen molar-refractivity contribution < 1.29 is 17.6 Å². The number of anilines is 1. The first-order chi connectivity index (χ1) is 7.84. The van der Waals surface area contributed by atoms with E-state index in [4.69, 9.17) is 5.84 Å². The smallest absolute Gasteiger partial charge is 0.254 e. The highest BCUT2D eigenvalue weighted by atomic mass is 32.2. The van der Waals surface area contributed by atoms with Crippen molar-refractivity contribution in [3.05, 3.63) is 30.1 Å². The maximum Gasteiger partial charge on any atom is 0.254 e. The molecule has 94 valence electrons. The molecule has 1 rings (SSSR count). The molecule has 0 aliphatic carbocycles. The Hall–Kier alpha value is -1.67. The minimum atomic E-state index is -3.69. The number of nitrogens with one attached hydrogen (secondary N) is 1. The molecule has 17 heavy (non-hydrogen) atoms. The van der Waals surface area contributed by atoms with Crippen LogP contribution in [0, 0.1) is 5.82 Å². The summed E-state index contributed by atoms with van der Waals surface area (Å²) in [6.45, 7) is -0.501. The van der Waals surface area contributed by atoms with Gasteiger partial charge in [0, 0.05) is 0 Å². The molecule has 0 saturated carbocycles. The Balaban J connectivity index is 3.12. The molecule has 0 heterocycles. The lowest BCUT2D eigenvalue weighted by molar-refractivity contribution is -0.119. The summed E-state index contributed by atoms with van der Waals surface area (Å²) in [5, 5.41) is 0. The molecular formula is C9H12FN3O3S. The highest BCUT2D eigenvalue weighted by Gasteiger charge is 2.20. The van der Waals surface area contributed by atoms with E-state index in [0.29, 0.717) is 0 Å². The molecule has 0 aromatic heterocycles. The standard InChI is InChI=1S/C9H12FN3O3S/c1-17(15,16)13(6-9(14)12-11)8-4-2-3-7(10)5-8/h2-5H,6,11H2,1H3,(H,12,14). The summed E-state index contributed by atoms with van der Waals surface area (Å²) in [4.78, 5) is 11.1. The van der Waals surface area contributed by atoms with Crippen LogP contribution < -0.4 is 15.6 Å². The number of carbonyl (C=O) groups excluding carboxylic acids is 1. The number of rotatable bonds is 4. The number of sulfonamides is 1. The van der Waals surface area contributed by atoms with E-state index in [2.05, 4.69) is 0 Å². The Kier molecular flexibility index (Phi) is 4.02. The van der Waals surface area contributed by atoms with Gasteiger partial charge in [-0.3, -0.25) is 14.5 Å². The van der Waals surface area contributed by atoms with Crippen LogP contribution in [0.5, 0.6) is 0 Å². The maximum absolute atomic E-state index is 13.0. The fourth-order valence-corrected chi connectivity index (χ4v) is 2.06. The van der Waals surface area contributed by atoms with Gasteiger partial charge in [0.15, 0.2) is 0 Å². The Labute approximate surface area is 98.2 Å². The number of halogens is 1. The van der Waals surface area contributed by atoms with Crippen LogP contribution in [0.3, 0.4) is 0 Å². The van der Waals surface area contributed by atoms with Gasteiger partial charge in [0.2, 0.25) is 10.0 Å². The molecule has 6 nitrogen and oxygen atoms in total. The third kappa shape index (κ3) is 3.68. The van der Waals surface area contributed by atoms with Gasteiger partial charge in [-0.25, -0.2) is 18.7 Å². The summed E-state index contributed by atoms with van der Waals surface area (Å²) in [6.07, 6.45) is 0.918. The van der Waals surface area contributed by atoms with Crippen LogP contribution in [-0.4, -0.2) is 27.1 Å². The van der Waals surface area contributed by atoms with Gasteiger partial charge in [0.05, 0.1) is 11.9 Å². The molecule has 3 N–H and O–H groups in total. The van der Waals surface area contributed by atoms with E-state index in [1.54, 1.807) is 0 Å². The Morgan fingerprint density at radius 1 is 1.53 bits per heavy atom. The number of hydrazine groups is 1.